The number of nitrogens with zero attached hydrogens (tertiary/aromatic N) is 4. The third-order valence-electron chi connectivity index (χ3n) is 6.10. The SMILES string of the molecule is Cc1cc(CN2CCC[C@@]3(CCCN3C(=O)c3ccoc3)CC2)n(C)n1. The van der Waals surface area contributed by atoms with Crippen LogP contribution in [0.4, 0.5) is 0 Å². The second-order valence-corrected chi connectivity index (χ2v) is 7.83. The average Bonchev–Trinajstić information content (AvgIpc) is 3.30. The van der Waals surface area contributed by atoms with Gasteiger partial charge in [-0.05, 0) is 57.7 Å². The quantitative estimate of drug-likeness (QED) is 0.848. The van der Waals surface area contributed by atoms with Crippen LogP contribution in [-0.2, 0) is 13.6 Å². The maximum Gasteiger partial charge on any atom is 0.257 e. The van der Waals surface area contributed by atoms with Crippen molar-refractivity contribution in [1.82, 2.24) is 19.6 Å². The van der Waals surface area contributed by atoms with Crippen LogP contribution >= 0.6 is 0 Å². The number of rotatable bonds is 3. The Kier molecular flexibility index (Phi) is 4.61. The Morgan fingerprint density at radius 1 is 1.23 bits per heavy atom. The molecule has 6 heteroatoms. The second-order valence-electron chi connectivity index (χ2n) is 7.83. The Bertz CT molecular complexity index is 767. The highest BCUT2D eigenvalue weighted by Gasteiger charge is 2.44. The molecular formula is C20H28N4O2. The monoisotopic (exact) mass is 356 g/mol. The van der Waals surface area contributed by atoms with Crippen LogP contribution in [0.1, 0.15) is 53.8 Å². The molecule has 4 rings (SSSR count). The molecular weight excluding hydrogens is 328 g/mol. The van der Waals surface area contributed by atoms with E-state index in [2.05, 4.69) is 21.0 Å². The summed E-state index contributed by atoms with van der Waals surface area (Å²) in [7, 11) is 2.02. The van der Waals surface area contributed by atoms with Crippen molar-refractivity contribution in [3.63, 3.8) is 0 Å². The second kappa shape index (κ2) is 6.91. The Balaban J connectivity index is 1.46. The summed E-state index contributed by atoms with van der Waals surface area (Å²) in [5, 5.41) is 4.46. The number of furan rings is 1. The molecule has 1 atom stereocenters. The number of carbonyl (C=O) groups excluding carboxylic acids is 1. The topological polar surface area (TPSA) is 54.5 Å². The maximum absolute atomic E-state index is 13.0. The third-order valence-corrected chi connectivity index (χ3v) is 6.10. The van der Waals surface area contributed by atoms with Crippen LogP contribution in [0.25, 0.3) is 0 Å². The van der Waals surface area contributed by atoms with Gasteiger partial charge in [-0.25, -0.2) is 0 Å². The molecule has 2 aliphatic heterocycles. The van der Waals surface area contributed by atoms with Gasteiger partial charge in [0.25, 0.3) is 5.91 Å². The van der Waals surface area contributed by atoms with Crippen LogP contribution in [0.2, 0.25) is 0 Å². The molecule has 1 amide bonds. The number of hydrogen-bond donors (Lipinski definition) is 0. The Morgan fingerprint density at radius 3 is 2.73 bits per heavy atom. The summed E-state index contributed by atoms with van der Waals surface area (Å²) < 4.78 is 7.11. The largest absolute Gasteiger partial charge is 0.472 e. The first-order valence-electron chi connectivity index (χ1n) is 9.63. The van der Waals surface area contributed by atoms with Gasteiger partial charge < -0.3 is 9.32 Å². The Morgan fingerprint density at radius 2 is 2.04 bits per heavy atom. The summed E-state index contributed by atoms with van der Waals surface area (Å²) in [5.74, 6) is 0.131. The molecule has 0 bridgehead atoms. The van der Waals surface area contributed by atoms with Gasteiger partial charge in [0.1, 0.15) is 6.26 Å². The van der Waals surface area contributed by atoms with E-state index in [9.17, 15) is 4.79 Å². The van der Waals surface area contributed by atoms with Crippen molar-refractivity contribution >= 4 is 5.91 Å². The van der Waals surface area contributed by atoms with E-state index in [0.29, 0.717) is 5.56 Å². The zero-order chi connectivity index (χ0) is 18.1. The predicted octanol–water partition coefficient (Wildman–Crippen LogP) is 2.98. The standard InChI is InChI=1S/C20H28N4O2/c1-16-13-18(22(2)21-16)14-23-9-3-6-20(8-11-23)7-4-10-24(20)19(25)17-5-12-26-15-17/h5,12-13,15H,3-4,6-11,14H2,1-2H3/t20-/m1/s1. The molecule has 2 fully saturated rings. The van der Waals surface area contributed by atoms with Crippen LogP contribution in [0.15, 0.2) is 29.1 Å². The van der Waals surface area contributed by atoms with E-state index < -0.39 is 0 Å². The number of aromatic nitrogens is 2. The average molecular weight is 356 g/mol. The van der Waals surface area contributed by atoms with E-state index >= 15 is 0 Å². The fraction of sp³-hybridized carbons (Fsp3) is 0.600. The van der Waals surface area contributed by atoms with Gasteiger partial charge in [-0.15, -0.1) is 0 Å². The third kappa shape index (κ3) is 3.18. The summed E-state index contributed by atoms with van der Waals surface area (Å²) in [5.41, 5.74) is 3.03. The smallest absolute Gasteiger partial charge is 0.257 e. The van der Waals surface area contributed by atoms with Crippen molar-refractivity contribution < 1.29 is 9.21 Å². The first kappa shape index (κ1) is 17.3. The van der Waals surface area contributed by atoms with Crippen molar-refractivity contribution in [3.05, 3.63) is 41.6 Å². The van der Waals surface area contributed by atoms with Gasteiger partial charge in [-0.3, -0.25) is 14.4 Å². The molecule has 0 N–H and O–H groups in total. The lowest BCUT2D eigenvalue weighted by atomic mass is 9.87. The summed E-state index contributed by atoms with van der Waals surface area (Å²) in [4.78, 5) is 17.6. The highest BCUT2D eigenvalue weighted by atomic mass is 16.3. The van der Waals surface area contributed by atoms with Gasteiger partial charge in [0.05, 0.1) is 23.2 Å². The molecule has 6 nitrogen and oxygen atoms in total. The van der Waals surface area contributed by atoms with Gasteiger partial charge >= 0.3 is 0 Å². The minimum Gasteiger partial charge on any atom is -0.472 e. The zero-order valence-corrected chi connectivity index (χ0v) is 15.8. The number of aryl methyl sites for hydroxylation is 2. The molecule has 0 saturated carbocycles. The first-order valence-corrected chi connectivity index (χ1v) is 9.63. The van der Waals surface area contributed by atoms with Crippen molar-refractivity contribution in [2.24, 2.45) is 7.05 Å². The highest BCUT2D eigenvalue weighted by molar-refractivity contribution is 5.94. The van der Waals surface area contributed by atoms with Gasteiger partial charge in [0.15, 0.2) is 0 Å². The molecule has 2 saturated heterocycles. The molecule has 4 heterocycles. The van der Waals surface area contributed by atoms with Gasteiger partial charge in [-0.2, -0.15) is 5.10 Å². The Labute approximate surface area is 154 Å². The molecule has 140 valence electrons. The molecule has 2 aromatic rings. The van der Waals surface area contributed by atoms with E-state index in [1.54, 1.807) is 18.6 Å². The molecule has 26 heavy (non-hydrogen) atoms. The predicted molar refractivity (Wildman–Crippen MR) is 98.8 cm³/mol. The van der Waals surface area contributed by atoms with Crippen LogP contribution in [0.5, 0.6) is 0 Å². The Hall–Kier alpha value is -2.08. The van der Waals surface area contributed by atoms with Crippen molar-refractivity contribution in [3.8, 4) is 0 Å². The van der Waals surface area contributed by atoms with Crippen molar-refractivity contribution in [1.29, 1.82) is 0 Å². The van der Waals surface area contributed by atoms with Crippen LogP contribution < -0.4 is 0 Å². The van der Waals surface area contributed by atoms with Crippen molar-refractivity contribution in [2.75, 3.05) is 19.6 Å². The van der Waals surface area contributed by atoms with E-state index in [-0.39, 0.29) is 11.4 Å². The number of hydrogen-bond acceptors (Lipinski definition) is 4. The fourth-order valence-electron chi connectivity index (χ4n) is 4.75. The van der Waals surface area contributed by atoms with E-state index in [1.165, 1.54) is 5.69 Å². The molecule has 1 spiro atoms. The summed E-state index contributed by atoms with van der Waals surface area (Å²) >= 11 is 0. The lowest BCUT2D eigenvalue weighted by molar-refractivity contribution is 0.0557. The van der Waals surface area contributed by atoms with E-state index in [4.69, 9.17) is 4.42 Å². The normalized spacial score (nSPS) is 24.3. The highest BCUT2D eigenvalue weighted by Crippen LogP contribution is 2.39. The van der Waals surface area contributed by atoms with Crippen LogP contribution in [-0.4, -0.2) is 50.7 Å². The minimum absolute atomic E-state index is 0.0193. The van der Waals surface area contributed by atoms with Crippen molar-refractivity contribution in [2.45, 2.75) is 51.1 Å². The summed E-state index contributed by atoms with van der Waals surface area (Å²) in [6.07, 6.45) is 8.65. The summed E-state index contributed by atoms with van der Waals surface area (Å²) in [6, 6.07) is 3.95. The van der Waals surface area contributed by atoms with E-state index in [1.807, 2.05) is 18.7 Å². The molecule has 2 aromatic heterocycles. The number of carbonyl (C=O) groups is 1. The zero-order valence-electron chi connectivity index (χ0n) is 15.8. The lowest BCUT2D eigenvalue weighted by Crippen LogP contribution is -2.47. The van der Waals surface area contributed by atoms with Gasteiger partial charge in [-0.1, -0.05) is 0 Å². The maximum atomic E-state index is 13.0. The van der Waals surface area contributed by atoms with Crippen LogP contribution in [0, 0.1) is 6.92 Å². The molecule has 2 aliphatic rings. The van der Waals surface area contributed by atoms with Crippen LogP contribution in [0.3, 0.4) is 0 Å². The van der Waals surface area contributed by atoms with E-state index in [0.717, 1.165) is 64.0 Å². The number of amides is 1. The number of likely N-dealkylation sites (tertiary alicyclic amines) is 2. The molecule has 0 aromatic carbocycles. The fourth-order valence-corrected chi connectivity index (χ4v) is 4.75. The minimum atomic E-state index is 0.0193. The molecule has 0 unspecified atom stereocenters. The molecule has 0 radical (unpaired) electrons. The lowest BCUT2D eigenvalue weighted by Gasteiger charge is -2.38. The van der Waals surface area contributed by atoms with Gasteiger partial charge in [0, 0.05) is 32.2 Å². The van der Waals surface area contributed by atoms with Gasteiger partial charge in [0.2, 0.25) is 0 Å². The molecule has 0 aliphatic carbocycles. The summed E-state index contributed by atoms with van der Waals surface area (Å²) in [6.45, 7) is 5.95. The first-order chi connectivity index (χ1) is 12.6.